The fraction of sp³-hybridized carbons (Fsp3) is 0.833. The second-order valence-corrected chi connectivity index (χ2v) is 6.16. The number of rotatable bonds is 10. The lowest BCUT2D eigenvalue weighted by molar-refractivity contribution is -0.141. The van der Waals surface area contributed by atoms with Crippen LogP contribution in [0, 0.1) is 0 Å². The third-order valence-corrected chi connectivity index (χ3v) is 3.61. The molecule has 0 spiro atoms. The molecule has 5 nitrogen and oxygen atoms in total. The van der Waals surface area contributed by atoms with Crippen molar-refractivity contribution in [1.29, 1.82) is 0 Å². The van der Waals surface area contributed by atoms with Crippen molar-refractivity contribution in [1.82, 2.24) is 0 Å². The van der Waals surface area contributed by atoms with E-state index in [1.165, 1.54) is 57.8 Å². The summed E-state index contributed by atoms with van der Waals surface area (Å²) in [5, 5.41) is 7.42. The third-order valence-electron chi connectivity index (χ3n) is 3.61. The van der Waals surface area contributed by atoms with Crippen LogP contribution in [0.1, 0.15) is 128 Å². The number of unbranched alkanes of at least 4 members (excludes halogenated alkanes) is 7. The normalized spacial score (nSPS) is 12.8. The number of carboxylic acids is 1. The first-order chi connectivity index (χ1) is 11.5. The number of hydrogen-bond acceptors (Lipinski definition) is 3. The second-order valence-electron chi connectivity index (χ2n) is 6.16. The minimum Gasteiger partial charge on any atom is -0.481 e. The molecule has 1 atom stereocenters. The van der Waals surface area contributed by atoms with Gasteiger partial charge in [0.25, 0.3) is 5.97 Å². The Bertz CT molecular complexity index is 312. The molecule has 0 aromatic rings. The molecule has 29 heavy (non-hydrogen) atoms. The quantitative estimate of drug-likeness (QED) is 0.222. The van der Waals surface area contributed by atoms with Gasteiger partial charge in [-0.1, -0.05) is 88.2 Å². The van der Waals surface area contributed by atoms with Crippen molar-refractivity contribution in [3.05, 3.63) is 12.7 Å². The van der Waals surface area contributed by atoms with Gasteiger partial charge in [-0.25, -0.2) is 0 Å². The Morgan fingerprint density at radius 2 is 1.48 bits per heavy atom. The Kier molecular flexibility index (Phi) is 59.4. The maximum Gasteiger partial charge on any atom is 0.306 e. The van der Waals surface area contributed by atoms with E-state index in [1.54, 1.807) is 0 Å². The SMILES string of the molecule is C.C.C.C.C=CCCCCCC.CC(=O)O.CCCCCCC1CCC(=O)O1.O. The Morgan fingerprint density at radius 1 is 1.03 bits per heavy atom. The third kappa shape index (κ3) is 46.6. The molecule has 5 heteroatoms. The fourth-order valence-electron chi connectivity index (χ4n) is 2.30. The van der Waals surface area contributed by atoms with Crippen molar-refractivity contribution in [2.45, 2.75) is 134 Å². The molecule has 0 saturated carbocycles. The molecule has 0 aromatic carbocycles. The molecule has 1 aliphatic rings. The van der Waals surface area contributed by atoms with Crippen LogP contribution in [-0.4, -0.2) is 28.6 Å². The molecule has 0 aliphatic carbocycles. The van der Waals surface area contributed by atoms with Crippen LogP contribution >= 0.6 is 0 Å². The molecule has 0 aromatic heterocycles. The van der Waals surface area contributed by atoms with E-state index in [4.69, 9.17) is 14.6 Å². The Hall–Kier alpha value is -1.36. The van der Waals surface area contributed by atoms with Crippen LogP contribution in [0.5, 0.6) is 0 Å². The van der Waals surface area contributed by atoms with Gasteiger partial charge in [0.05, 0.1) is 0 Å². The molecule has 1 fully saturated rings. The number of hydrogen-bond donors (Lipinski definition) is 1. The van der Waals surface area contributed by atoms with Gasteiger partial charge < -0.3 is 15.3 Å². The molecule has 3 N–H and O–H groups in total. The van der Waals surface area contributed by atoms with E-state index in [9.17, 15) is 4.79 Å². The lowest BCUT2D eigenvalue weighted by Crippen LogP contribution is -2.05. The van der Waals surface area contributed by atoms with Gasteiger partial charge in [0, 0.05) is 13.3 Å². The van der Waals surface area contributed by atoms with E-state index in [1.807, 2.05) is 6.08 Å². The highest BCUT2D eigenvalue weighted by molar-refractivity contribution is 5.71. The van der Waals surface area contributed by atoms with Crippen molar-refractivity contribution >= 4 is 11.9 Å². The van der Waals surface area contributed by atoms with Crippen LogP contribution in [-0.2, 0) is 14.3 Å². The largest absolute Gasteiger partial charge is 0.481 e. The number of ether oxygens (including phenoxy) is 1. The molecule has 1 aliphatic heterocycles. The Labute approximate surface area is 183 Å². The van der Waals surface area contributed by atoms with Crippen molar-refractivity contribution in [2.24, 2.45) is 0 Å². The summed E-state index contributed by atoms with van der Waals surface area (Å²) in [7, 11) is 0. The number of carbonyl (C=O) groups excluding carboxylic acids is 1. The van der Waals surface area contributed by atoms with Crippen LogP contribution in [0.25, 0.3) is 0 Å². The molecule has 0 bridgehead atoms. The van der Waals surface area contributed by atoms with Crippen LogP contribution in [0.3, 0.4) is 0 Å². The summed E-state index contributed by atoms with van der Waals surface area (Å²) in [5.74, 6) is -0.838. The van der Waals surface area contributed by atoms with Crippen molar-refractivity contribution in [2.75, 3.05) is 0 Å². The average Bonchev–Trinajstić information content (AvgIpc) is 2.94. The molecular formula is C24H56O5. The van der Waals surface area contributed by atoms with Gasteiger partial charge in [-0.05, 0) is 32.1 Å². The van der Waals surface area contributed by atoms with Gasteiger partial charge in [-0.2, -0.15) is 0 Å². The average molecular weight is 425 g/mol. The zero-order valence-electron chi connectivity index (χ0n) is 16.5. The monoisotopic (exact) mass is 424 g/mol. The lowest BCUT2D eigenvalue weighted by Gasteiger charge is -2.07. The van der Waals surface area contributed by atoms with Crippen LogP contribution in [0.15, 0.2) is 12.7 Å². The summed E-state index contributed by atoms with van der Waals surface area (Å²) in [5.41, 5.74) is 0. The van der Waals surface area contributed by atoms with Gasteiger partial charge in [-0.3, -0.25) is 9.59 Å². The van der Waals surface area contributed by atoms with Crippen molar-refractivity contribution in [3.8, 4) is 0 Å². The van der Waals surface area contributed by atoms with Crippen LogP contribution < -0.4 is 0 Å². The van der Waals surface area contributed by atoms with E-state index < -0.39 is 5.97 Å². The summed E-state index contributed by atoms with van der Waals surface area (Å²) in [6, 6.07) is 0. The predicted octanol–water partition coefficient (Wildman–Crippen LogP) is 7.62. The first kappa shape index (κ1) is 46.0. The number of aliphatic carboxylic acids is 1. The molecular weight excluding hydrogens is 368 g/mol. The highest BCUT2D eigenvalue weighted by atomic mass is 16.5. The summed E-state index contributed by atoms with van der Waals surface area (Å²) >= 11 is 0. The molecule has 1 saturated heterocycles. The predicted molar refractivity (Wildman–Crippen MR) is 131 cm³/mol. The topological polar surface area (TPSA) is 95.1 Å². The summed E-state index contributed by atoms with van der Waals surface area (Å²) in [4.78, 5) is 19.7. The maximum atomic E-state index is 10.7. The van der Waals surface area contributed by atoms with E-state index in [2.05, 4.69) is 20.4 Å². The minimum atomic E-state index is -0.833. The zero-order valence-corrected chi connectivity index (χ0v) is 16.5. The summed E-state index contributed by atoms with van der Waals surface area (Å²) < 4.78 is 5.10. The van der Waals surface area contributed by atoms with Crippen molar-refractivity contribution in [3.63, 3.8) is 0 Å². The number of cyclic esters (lactones) is 1. The van der Waals surface area contributed by atoms with Gasteiger partial charge in [0.1, 0.15) is 6.10 Å². The molecule has 1 heterocycles. The summed E-state index contributed by atoms with van der Waals surface area (Å²) in [6.45, 7) is 9.18. The Balaban J connectivity index is -0.0000000510. The van der Waals surface area contributed by atoms with Gasteiger partial charge in [-0.15, -0.1) is 6.58 Å². The second kappa shape index (κ2) is 37.4. The molecule has 0 radical (unpaired) electrons. The maximum absolute atomic E-state index is 10.7. The van der Waals surface area contributed by atoms with Gasteiger partial charge in [0.2, 0.25) is 0 Å². The van der Waals surface area contributed by atoms with E-state index in [0.29, 0.717) is 6.42 Å². The number of carbonyl (C=O) groups is 2. The number of allylic oxidation sites excluding steroid dienone is 1. The number of carboxylic acid groups (broad SMARTS) is 1. The molecule has 1 unspecified atom stereocenters. The fourth-order valence-corrected chi connectivity index (χ4v) is 2.30. The smallest absolute Gasteiger partial charge is 0.306 e. The Morgan fingerprint density at radius 3 is 1.83 bits per heavy atom. The molecule has 1 rings (SSSR count). The minimum absolute atomic E-state index is 0. The van der Waals surface area contributed by atoms with Gasteiger partial charge in [0.15, 0.2) is 0 Å². The zero-order chi connectivity index (χ0) is 18.6. The van der Waals surface area contributed by atoms with Crippen molar-refractivity contribution < 1.29 is 24.9 Å². The van der Waals surface area contributed by atoms with E-state index >= 15 is 0 Å². The standard InChI is InChI=1S/C10H18O2.C8H16.C2H4O2.4CH4.H2O/c1-2-3-4-5-6-9-7-8-10(11)12-9;1-3-5-7-8-6-4-2;1-2(3)4;;;;;/h9H,2-8H2,1H3;3H,1,4-8H2,2H3;1H3,(H,3,4);4*1H4;1H2. The van der Waals surface area contributed by atoms with Crippen LogP contribution in [0.2, 0.25) is 0 Å². The first-order valence-electron chi connectivity index (χ1n) is 9.47. The highest BCUT2D eigenvalue weighted by Gasteiger charge is 2.22. The highest BCUT2D eigenvalue weighted by Crippen LogP contribution is 2.19. The summed E-state index contributed by atoms with van der Waals surface area (Å²) in [6.07, 6.45) is 16.6. The van der Waals surface area contributed by atoms with E-state index in [-0.39, 0.29) is 47.3 Å². The lowest BCUT2D eigenvalue weighted by atomic mass is 10.1. The van der Waals surface area contributed by atoms with E-state index in [0.717, 1.165) is 19.8 Å². The number of esters is 1. The van der Waals surface area contributed by atoms with Gasteiger partial charge >= 0.3 is 5.97 Å². The first-order valence-corrected chi connectivity index (χ1v) is 9.47. The molecule has 182 valence electrons. The van der Waals surface area contributed by atoms with Crippen LogP contribution in [0.4, 0.5) is 0 Å². The molecule has 0 amide bonds.